The van der Waals surface area contributed by atoms with Crippen molar-refractivity contribution >= 4 is 16.1 Å². The Morgan fingerprint density at radius 2 is 1.83 bits per heavy atom. The van der Waals surface area contributed by atoms with E-state index in [-0.39, 0.29) is 17.0 Å². The van der Waals surface area contributed by atoms with Crippen LogP contribution >= 0.6 is 0 Å². The van der Waals surface area contributed by atoms with E-state index in [1.807, 2.05) is 12.1 Å². The molecule has 0 spiro atoms. The zero-order valence-corrected chi connectivity index (χ0v) is 15.3. The van der Waals surface area contributed by atoms with E-state index in [0.29, 0.717) is 31.8 Å². The minimum Gasteiger partial charge on any atom is -0.453 e. The van der Waals surface area contributed by atoms with Gasteiger partial charge >= 0.3 is 6.09 Å². The highest BCUT2D eigenvalue weighted by atomic mass is 32.2. The molecule has 0 aliphatic carbocycles. The molecule has 1 fully saturated rings. The van der Waals surface area contributed by atoms with Gasteiger partial charge in [0, 0.05) is 19.1 Å². The fourth-order valence-corrected chi connectivity index (χ4v) is 4.18. The number of nitrogens with one attached hydrogen (secondary N) is 1. The Morgan fingerprint density at radius 3 is 2.33 bits per heavy atom. The number of likely N-dealkylation sites (tertiary alicyclic amines) is 1. The topological polar surface area (TPSA) is 75.7 Å². The summed E-state index contributed by atoms with van der Waals surface area (Å²) in [4.78, 5) is 13.3. The second-order valence-electron chi connectivity index (χ2n) is 6.59. The van der Waals surface area contributed by atoms with Crippen LogP contribution in [0.2, 0.25) is 0 Å². The van der Waals surface area contributed by atoms with E-state index in [1.165, 1.54) is 7.11 Å². The van der Waals surface area contributed by atoms with Gasteiger partial charge in [0.05, 0.1) is 12.0 Å². The lowest BCUT2D eigenvalue weighted by atomic mass is 10.0. The van der Waals surface area contributed by atoms with Crippen LogP contribution in [0, 0.1) is 5.92 Å². The Hall–Kier alpha value is -1.60. The van der Waals surface area contributed by atoms with Gasteiger partial charge in [-0.3, -0.25) is 0 Å². The number of ether oxygens (including phenoxy) is 1. The minimum atomic E-state index is -3.53. The zero-order chi connectivity index (χ0) is 17.7. The van der Waals surface area contributed by atoms with Crippen LogP contribution in [-0.2, 0) is 21.2 Å². The van der Waals surface area contributed by atoms with Crippen LogP contribution in [0.5, 0.6) is 0 Å². The summed E-state index contributed by atoms with van der Waals surface area (Å²) in [7, 11) is -2.19. The number of piperidine rings is 1. The van der Waals surface area contributed by atoms with Gasteiger partial charge in [0.15, 0.2) is 0 Å². The number of methoxy groups -OCH3 is 1. The highest BCUT2D eigenvalue weighted by Crippen LogP contribution is 2.17. The maximum absolute atomic E-state index is 12.5. The van der Waals surface area contributed by atoms with Crippen LogP contribution in [0.4, 0.5) is 4.79 Å². The van der Waals surface area contributed by atoms with Crippen molar-refractivity contribution in [3.63, 3.8) is 0 Å². The molecule has 1 aromatic rings. The van der Waals surface area contributed by atoms with E-state index in [9.17, 15) is 13.2 Å². The SMILES string of the molecule is COC(=O)N1CCC(NS(=O)(=O)c2ccc(CC(C)C)cc2)CC1. The fourth-order valence-electron chi connectivity index (χ4n) is 2.87. The highest BCUT2D eigenvalue weighted by Gasteiger charge is 2.26. The quantitative estimate of drug-likeness (QED) is 0.881. The Kier molecular flexibility index (Phi) is 6.23. The maximum Gasteiger partial charge on any atom is 0.409 e. The van der Waals surface area contributed by atoms with E-state index in [2.05, 4.69) is 23.3 Å². The van der Waals surface area contributed by atoms with Gasteiger partial charge in [-0.1, -0.05) is 26.0 Å². The van der Waals surface area contributed by atoms with Gasteiger partial charge in [0.2, 0.25) is 10.0 Å². The molecule has 1 aliphatic rings. The molecule has 0 unspecified atom stereocenters. The smallest absolute Gasteiger partial charge is 0.409 e. The van der Waals surface area contributed by atoms with Crippen molar-refractivity contribution in [2.24, 2.45) is 5.92 Å². The summed E-state index contributed by atoms with van der Waals surface area (Å²) in [6.07, 6.45) is 1.73. The first kappa shape index (κ1) is 18.7. The fraction of sp³-hybridized carbons (Fsp3) is 0.588. The zero-order valence-electron chi connectivity index (χ0n) is 14.5. The Bertz CT molecular complexity index is 648. The van der Waals surface area contributed by atoms with Crippen LogP contribution in [0.3, 0.4) is 0 Å². The Labute approximate surface area is 144 Å². The lowest BCUT2D eigenvalue weighted by Crippen LogP contribution is -2.46. The van der Waals surface area contributed by atoms with E-state index in [4.69, 9.17) is 0 Å². The molecule has 1 heterocycles. The monoisotopic (exact) mass is 354 g/mol. The molecule has 2 rings (SSSR count). The predicted molar refractivity (Wildman–Crippen MR) is 92.3 cm³/mol. The number of benzene rings is 1. The summed E-state index contributed by atoms with van der Waals surface area (Å²) in [5.74, 6) is 0.533. The minimum absolute atomic E-state index is 0.161. The third-order valence-corrected chi connectivity index (χ3v) is 5.66. The maximum atomic E-state index is 12.5. The van der Waals surface area contributed by atoms with Crippen LogP contribution in [0.25, 0.3) is 0 Å². The molecule has 0 radical (unpaired) electrons. The molecular weight excluding hydrogens is 328 g/mol. The Balaban J connectivity index is 1.95. The second-order valence-corrected chi connectivity index (χ2v) is 8.31. The molecule has 1 amide bonds. The molecule has 0 bridgehead atoms. The number of carbonyl (C=O) groups is 1. The van der Waals surface area contributed by atoms with Crippen molar-refractivity contribution in [2.75, 3.05) is 20.2 Å². The molecule has 1 aromatic carbocycles. The van der Waals surface area contributed by atoms with Crippen molar-refractivity contribution in [2.45, 2.75) is 44.0 Å². The number of sulfonamides is 1. The lowest BCUT2D eigenvalue weighted by molar-refractivity contribution is 0.111. The number of amides is 1. The van der Waals surface area contributed by atoms with Gasteiger partial charge in [-0.2, -0.15) is 0 Å². The van der Waals surface area contributed by atoms with Crippen LogP contribution in [-0.4, -0.2) is 45.7 Å². The molecule has 24 heavy (non-hydrogen) atoms. The van der Waals surface area contributed by atoms with E-state index < -0.39 is 10.0 Å². The molecular formula is C17H26N2O4S. The first-order valence-corrected chi connectivity index (χ1v) is 9.74. The standard InChI is InChI=1S/C17H26N2O4S/c1-13(2)12-14-4-6-16(7-5-14)24(21,22)18-15-8-10-19(11-9-15)17(20)23-3/h4-7,13,15,18H,8-12H2,1-3H3. The first-order chi connectivity index (χ1) is 11.3. The van der Waals surface area contributed by atoms with Gasteiger partial charge < -0.3 is 9.64 Å². The molecule has 7 heteroatoms. The van der Waals surface area contributed by atoms with Crippen molar-refractivity contribution in [3.8, 4) is 0 Å². The average Bonchev–Trinajstić information content (AvgIpc) is 2.54. The van der Waals surface area contributed by atoms with Crippen LogP contribution < -0.4 is 4.72 Å². The summed E-state index contributed by atoms with van der Waals surface area (Å²) in [5.41, 5.74) is 1.13. The number of carbonyl (C=O) groups excluding carboxylic acids is 1. The number of nitrogens with zero attached hydrogens (tertiary/aromatic N) is 1. The third kappa shape index (κ3) is 4.95. The molecule has 1 N–H and O–H groups in total. The molecule has 0 atom stereocenters. The molecule has 1 aliphatic heterocycles. The normalized spacial score (nSPS) is 16.4. The Morgan fingerprint density at radius 1 is 1.25 bits per heavy atom. The van der Waals surface area contributed by atoms with Gasteiger partial charge in [-0.25, -0.2) is 17.9 Å². The predicted octanol–water partition coefficient (Wildman–Crippen LogP) is 2.39. The molecule has 1 saturated heterocycles. The van der Waals surface area contributed by atoms with Crippen molar-refractivity contribution in [1.29, 1.82) is 0 Å². The van der Waals surface area contributed by atoms with Gasteiger partial charge in [-0.15, -0.1) is 0 Å². The summed E-state index contributed by atoms with van der Waals surface area (Å²) in [5, 5.41) is 0. The molecule has 134 valence electrons. The van der Waals surface area contributed by atoms with E-state index >= 15 is 0 Å². The summed E-state index contributed by atoms with van der Waals surface area (Å²) >= 11 is 0. The molecule has 0 saturated carbocycles. The summed E-state index contributed by atoms with van der Waals surface area (Å²) in [6.45, 7) is 5.25. The van der Waals surface area contributed by atoms with Crippen molar-refractivity contribution < 1.29 is 17.9 Å². The second kappa shape index (κ2) is 7.98. The number of hydrogen-bond acceptors (Lipinski definition) is 4. The average molecular weight is 354 g/mol. The largest absolute Gasteiger partial charge is 0.453 e. The third-order valence-electron chi connectivity index (χ3n) is 4.13. The van der Waals surface area contributed by atoms with Crippen molar-refractivity contribution in [3.05, 3.63) is 29.8 Å². The van der Waals surface area contributed by atoms with Crippen molar-refractivity contribution in [1.82, 2.24) is 9.62 Å². The molecule has 6 nitrogen and oxygen atoms in total. The summed E-state index contributed by atoms with van der Waals surface area (Å²) < 4.78 is 32.4. The summed E-state index contributed by atoms with van der Waals surface area (Å²) in [6, 6.07) is 6.89. The van der Waals surface area contributed by atoms with Crippen LogP contribution in [0.1, 0.15) is 32.3 Å². The van der Waals surface area contributed by atoms with Gasteiger partial charge in [0.25, 0.3) is 0 Å². The van der Waals surface area contributed by atoms with Crippen LogP contribution in [0.15, 0.2) is 29.2 Å². The highest BCUT2D eigenvalue weighted by molar-refractivity contribution is 7.89. The van der Waals surface area contributed by atoms with Gasteiger partial charge in [-0.05, 0) is 42.9 Å². The number of rotatable bonds is 5. The van der Waals surface area contributed by atoms with E-state index in [0.717, 1.165) is 12.0 Å². The van der Waals surface area contributed by atoms with Gasteiger partial charge in [0.1, 0.15) is 0 Å². The lowest BCUT2D eigenvalue weighted by Gasteiger charge is -2.31. The van der Waals surface area contributed by atoms with E-state index in [1.54, 1.807) is 17.0 Å². The molecule has 0 aromatic heterocycles. The first-order valence-electron chi connectivity index (χ1n) is 8.26. The number of hydrogen-bond donors (Lipinski definition) is 1.